The van der Waals surface area contributed by atoms with Crippen LogP contribution in [0.3, 0.4) is 0 Å². The molecule has 0 saturated carbocycles. The molecule has 0 aromatic heterocycles. The van der Waals surface area contributed by atoms with Crippen molar-refractivity contribution in [3.63, 3.8) is 0 Å². The molecule has 1 saturated heterocycles. The molecule has 0 amide bonds. The van der Waals surface area contributed by atoms with E-state index in [4.69, 9.17) is 0 Å². The molecule has 0 radical (unpaired) electrons. The lowest BCUT2D eigenvalue weighted by Gasteiger charge is -2.28. The molecule has 0 aromatic carbocycles. The number of rotatable bonds is 7. The van der Waals surface area contributed by atoms with Crippen molar-refractivity contribution in [3.05, 3.63) is 0 Å². The summed E-state index contributed by atoms with van der Waals surface area (Å²) in [6.07, 6.45) is 2.03. The monoisotopic (exact) mass is 306 g/mol. The molecule has 6 nitrogen and oxygen atoms in total. The maximum absolute atomic E-state index is 12.6. The van der Waals surface area contributed by atoms with Crippen molar-refractivity contribution in [2.75, 3.05) is 26.7 Å². The molecule has 1 N–H and O–H groups in total. The number of esters is 1. The minimum atomic E-state index is -3.68. The Morgan fingerprint density at radius 3 is 2.50 bits per heavy atom. The maximum Gasteiger partial charge on any atom is 0.325 e. The third-order valence-corrected chi connectivity index (χ3v) is 5.60. The zero-order valence-electron chi connectivity index (χ0n) is 12.8. The predicted molar refractivity (Wildman–Crippen MR) is 77.8 cm³/mol. The Morgan fingerprint density at radius 1 is 1.40 bits per heavy atom. The molecular formula is C13H26N2O4S. The highest BCUT2D eigenvalue weighted by Gasteiger charge is 2.36. The van der Waals surface area contributed by atoms with Gasteiger partial charge in [0, 0.05) is 19.1 Å². The Morgan fingerprint density at radius 2 is 2.05 bits per heavy atom. The van der Waals surface area contributed by atoms with Gasteiger partial charge in [0.2, 0.25) is 10.0 Å². The molecule has 0 aliphatic carbocycles. The van der Waals surface area contributed by atoms with Gasteiger partial charge < -0.3 is 10.1 Å². The average molecular weight is 306 g/mol. The van der Waals surface area contributed by atoms with Crippen LogP contribution in [0.15, 0.2) is 0 Å². The van der Waals surface area contributed by atoms with Crippen LogP contribution in [0.2, 0.25) is 0 Å². The summed E-state index contributed by atoms with van der Waals surface area (Å²) in [5, 5.41) is 2.13. The van der Waals surface area contributed by atoms with Crippen molar-refractivity contribution < 1.29 is 17.9 Å². The highest BCUT2D eigenvalue weighted by atomic mass is 32.2. The molecule has 2 atom stereocenters. The Balaban J connectivity index is 2.86. The summed E-state index contributed by atoms with van der Waals surface area (Å²) in [7, 11) is -2.47. The number of nitrogens with one attached hydrogen (secondary N) is 1. The van der Waals surface area contributed by atoms with Gasteiger partial charge in [-0.3, -0.25) is 4.79 Å². The van der Waals surface area contributed by atoms with Gasteiger partial charge >= 0.3 is 5.97 Å². The summed E-state index contributed by atoms with van der Waals surface area (Å²) in [5.41, 5.74) is 0. The summed E-state index contributed by atoms with van der Waals surface area (Å²) in [6, 6.07) is 0.174. The molecule has 0 aromatic rings. The molecule has 1 rings (SSSR count). The van der Waals surface area contributed by atoms with Crippen LogP contribution < -0.4 is 5.32 Å². The number of hydrogen-bond donors (Lipinski definition) is 1. The second-order valence-electron chi connectivity index (χ2n) is 5.71. The quantitative estimate of drug-likeness (QED) is 0.697. The van der Waals surface area contributed by atoms with Gasteiger partial charge in [-0.15, -0.1) is 0 Å². The molecule has 1 aliphatic heterocycles. The van der Waals surface area contributed by atoms with E-state index in [1.165, 1.54) is 18.3 Å². The zero-order valence-corrected chi connectivity index (χ0v) is 13.6. The lowest BCUT2D eigenvalue weighted by atomic mass is 10.2. The SMILES string of the molecule is COC(=O)C(C)S(=O)(=O)N(CC(C)C)CC1CCCN1. The van der Waals surface area contributed by atoms with E-state index in [2.05, 4.69) is 10.1 Å². The van der Waals surface area contributed by atoms with E-state index in [0.29, 0.717) is 13.1 Å². The number of methoxy groups -OCH3 is 1. The van der Waals surface area contributed by atoms with Gasteiger partial charge in [0.25, 0.3) is 0 Å². The Kier molecular flexibility index (Phi) is 6.42. The molecule has 1 aliphatic rings. The van der Waals surface area contributed by atoms with Crippen LogP contribution in [0.25, 0.3) is 0 Å². The normalized spacial score (nSPS) is 21.4. The summed E-state index contributed by atoms with van der Waals surface area (Å²) in [5.74, 6) is -0.505. The number of ether oxygens (including phenoxy) is 1. The van der Waals surface area contributed by atoms with Gasteiger partial charge in [0.15, 0.2) is 5.25 Å². The molecule has 2 unspecified atom stereocenters. The molecular weight excluding hydrogens is 280 g/mol. The third-order valence-electron chi connectivity index (χ3n) is 3.49. The fourth-order valence-corrected chi connectivity index (χ4v) is 4.04. The molecule has 118 valence electrons. The smallest absolute Gasteiger partial charge is 0.325 e. The van der Waals surface area contributed by atoms with Crippen molar-refractivity contribution >= 4 is 16.0 Å². The van der Waals surface area contributed by atoms with E-state index < -0.39 is 21.2 Å². The second-order valence-corrected chi connectivity index (χ2v) is 7.97. The first-order chi connectivity index (χ1) is 9.28. The second kappa shape index (κ2) is 7.38. The minimum Gasteiger partial charge on any atom is -0.468 e. The third kappa shape index (κ3) is 4.43. The number of carbonyl (C=O) groups is 1. The molecule has 1 fully saturated rings. The van der Waals surface area contributed by atoms with Crippen LogP contribution in [-0.4, -0.2) is 56.7 Å². The molecule has 0 spiro atoms. The van der Waals surface area contributed by atoms with E-state index in [-0.39, 0.29) is 12.0 Å². The largest absolute Gasteiger partial charge is 0.468 e. The number of carbonyl (C=O) groups excluding carboxylic acids is 1. The molecule has 1 heterocycles. The molecule has 7 heteroatoms. The number of sulfonamides is 1. The van der Waals surface area contributed by atoms with Crippen LogP contribution in [0.1, 0.15) is 33.6 Å². The van der Waals surface area contributed by atoms with Crippen LogP contribution in [0.5, 0.6) is 0 Å². The van der Waals surface area contributed by atoms with E-state index in [9.17, 15) is 13.2 Å². The van der Waals surface area contributed by atoms with Crippen molar-refractivity contribution in [1.82, 2.24) is 9.62 Å². The van der Waals surface area contributed by atoms with Crippen molar-refractivity contribution in [2.24, 2.45) is 5.92 Å². The summed E-state index contributed by atoms with van der Waals surface area (Å²) >= 11 is 0. The first-order valence-corrected chi connectivity index (χ1v) is 8.59. The molecule has 20 heavy (non-hydrogen) atoms. The summed E-state index contributed by atoms with van der Waals surface area (Å²) in [6.45, 7) is 7.08. The Labute approximate surface area is 121 Å². The fraction of sp³-hybridized carbons (Fsp3) is 0.923. The van der Waals surface area contributed by atoms with Crippen molar-refractivity contribution in [2.45, 2.75) is 44.9 Å². The first-order valence-electron chi connectivity index (χ1n) is 7.09. The Hall–Kier alpha value is -0.660. The van der Waals surface area contributed by atoms with E-state index in [1.807, 2.05) is 13.8 Å². The molecule has 0 bridgehead atoms. The van der Waals surface area contributed by atoms with Gasteiger partial charge in [-0.2, -0.15) is 4.31 Å². The highest BCUT2D eigenvalue weighted by Crippen LogP contribution is 2.16. The number of nitrogens with zero attached hydrogens (tertiary/aromatic N) is 1. The summed E-state index contributed by atoms with van der Waals surface area (Å²) in [4.78, 5) is 11.5. The lowest BCUT2D eigenvalue weighted by molar-refractivity contribution is -0.139. The highest BCUT2D eigenvalue weighted by molar-refractivity contribution is 7.90. The van der Waals surface area contributed by atoms with E-state index >= 15 is 0 Å². The van der Waals surface area contributed by atoms with Gasteiger partial charge in [-0.1, -0.05) is 13.8 Å². The van der Waals surface area contributed by atoms with Crippen molar-refractivity contribution in [3.8, 4) is 0 Å². The van der Waals surface area contributed by atoms with E-state index in [1.54, 1.807) is 0 Å². The van der Waals surface area contributed by atoms with Crippen LogP contribution in [0.4, 0.5) is 0 Å². The standard InChI is InChI=1S/C13H26N2O4S/c1-10(2)8-15(9-12-6-5-7-14-12)20(17,18)11(3)13(16)19-4/h10-12,14H,5-9H2,1-4H3. The van der Waals surface area contributed by atoms with E-state index in [0.717, 1.165) is 19.4 Å². The van der Waals surface area contributed by atoms with Crippen LogP contribution >= 0.6 is 0 Å². The minimum absolute atomic E-state index is 0.174. The first kappa shape index (κ1) is 17.4. The van der Waals surface area contributed by atoms with Crippen LogP contribution in [-0.2, 0) is 19.6 Å². The van der Waals surface area contributed by atoms with Gasteiger partial charge in [0.1, 0.15) is 0 Å². The zero-order chi connectivity index (χ0) is 15.3. The maximum atomic E-state index is 12.6. The topological polar surface area (TPSA) is 75.7 Å². The number of hydrogen-bond acceptors (Lipinski definition) is 5. The predicted octanol–water partition coefficient (Wildman–Crippen LogP) is 0.588. The van der Waals surface area contributed by atoms with Gasteiger partial charge in [0.05, 0.1) is 7.11 Å². The average Bonchev–Trinajstić information content (AvgIpc) is 2.88. The van der Waals surface area contributed by atoms with Crippen LogP contribution in [0, 0.1) is 5.92 Å². The lowest BCUT2D eigenvalue weighted by Crippen LogP contribution is -2.47. The van der Waals surface area contributed by atoms with Crippen molar-refractivity contribution in [1.29, 1.82) is 0 Å². The van der Waals surface area contributed by atoms with Gasteiger partial charge in [-0.05, 0) is 32.2 Å². The summed E-state index contributed by atoms with van der Waals surface area (Å²) < 4.78 is 31.1. The van der Waals surface area contributed by atoms with Gasteiger partial charge in [-0.25, -0.2) is 8.42 Å². The Bertz CT molecular complexity index is 416. The fourth-order valence-electron chi connectivity index (χ4n) is 2.36.